The van der Waals surface area contributed by atoms with Gasteiger partial charge in [-0.05, 0) is 36.8 Å². The van der Waals surface area contributed by atoms with Crippen molar-refractivity contribution in [3.63, 3.8) is 0 Å². The van der Waals surface area contributed by atoms with Crippen molar-refractivity contribution < 1.29 is 9.59 Å². The number of thiazole rings is 1. The van der Waals surface area contributed by atoms with Crippen molar-refractivity contribution in [1.29, 1.82) is 0 Å². The zero-order valence-corrected chi connectivity index (χ0v) is 16.4. The lowest BCUT2D eigenvalue weighted by Crippen LogP contribution is -2.25. The number of carbonyl (C=O) groups excluding carboxylic acids is 2. The van der Waals surface area contributed by atoms with Crippen molar-refractivity contribution in [2.45, 2.75) is 13.3 Å². The first-order valence-electron chi connectivity index (χ1n) is 8.97. The SMILES string of the molecule is CC(=O)c1ccc(NC(=O)c2cnc3sc(Cc4ccccc4)cn3c2=O)cc1. The van der Waals surface area contributed by atoms with E-state index < -0.39 is 11.5 Å². The van der Waals surface area contributed by atoms with Gasteiger partial charge in [0, 0.05) is 34.9 Å². The Kier molecular flexibility index (Phi) is 5.05. The number of Topliss-reactive ketones (excluding diaryl/α,β-unsaturated/α-hetero) is 1. The summed E-state index contributed by atoms with van der Waals surface area (Å²) >= 11 is 1.42. The molecule has 7 heteroatoms. The van der Waals surface area contributed by atoms with Crippen LogP contribution in [0, 0.1) is 0 Å². The van der Waals surface area contributed by atoms with Gasteiger partial charge in [0.25, 0.3) is 11.5 Å². The number of nitrogens with one attached hydrogen (secondary N) is 1. The van der Waals surface area contributed by atoms with Crippen LogP contribution < -0.4 is 10.9 Å². The highest BCUT2D eigenvalue weighted by Crippen LogP contribution is 2.19. The van der Waals surface area contributed by atoms with E-state index in [-0.39, 0.29) is 11.3 Å². The molecule has 144 valence electrons. The second-order valence-electron chi connectivity index (χ2n) is 6.58. The smallest absolute Gasteiger partial charge is 0.271 e. The summed E-state index contributed by atoms with van der Waals surface area (Å²) in [5.74, 6) is -0.595. The van der Waals surface area contributed by atoms with Crippen LogP contribution in [0.25, 0.3) is 4.96 Å². The molecule has 4 aromatic rings. The third kappa shape index (κ3) is 4.00. The highest BCUT2D eigenvalue weighted by Gasteiger charge is 2.15. The average Bonchev–Trinajstić information content (AvgIpc) is 3.13. The van der Waals surface area contributed by atoms with E-state index in [1.54, 1.807) is 30.5 Å². The Balaban J connectivity index is 1.58. The van der Waals surface area contributed by atoms with E-state index in [4.69, 9.17) is 0 Å². The van der Waals surface area contributed by atoms with E-state index in [1.807, 2.05) is 30.3 Å². The minimum Gasteiger partial charge on any atom is -0.322 e. The second-order valence-corrected chi connectivity index (χ2v) is 7.67. The van der Waals surface area contributed by atoms with Crippen LogP contribution >= 0.6 is 11.3 Å². The van der Waals surface area contributed by atoms with Gasteiger partial charge in [-0.25, -0.2) is 4.98 Å². The Bertz CT molecular complexity index is 1260. The summed E-state index contributed by atoms with van der Waals surface area (Å²) in [6, 6.07) is 16.5. The van der Waals surface area contributed by atoms with Gasteiger partial charge in [-0.2, -0.15) is 0 Å². The van der Waals surface area contributed by atoms with Gasteiger partial charge in [0.05, 0.1) is 0 Å². The van der Waals surface area contributed by atoms with Gasteiger partial charge in [-0.1, -0.05) is 30.3 Å². The number of rotatable bonds is 5. The van der Waals surface area contributed by atoms with Gasteiger partial charge in [0.1, 0.15) is 5.56 Å². The zero-order valence-electron chi connectivity index (χ0n) is 15.6. The van der Waals surface area contributed by atoms with Crippen LogP contribution in [0.1, 0.15) is 38.1 Å². The van der Waals surface area contributed by atoms with Crippen molar-refractivity contribution in [3.05, 3.63) is 98.9 Å². The van der Waals surface area contributed by atoms with E-state index in [0.717, 1.165) is 10.4 Å². The molecule has 0 saturated carbocycles. The third-order valence-electron chi connectivity index (χ3n) is 4.47. The number of anilines is 1. The summed E-state index contributed by atoms with van der Waals surface area (Å²) in [6.07, 6.45) is 3.73. The molecule has 2 heterocycles. The summed E-state index contributed by atoms with van der Waals surface area (Å²) in [6.45, 7) is 1.47. The quantitative estimate of drug-likeness (QED) is 0.514. The highest BCUT2D eigenvalue weighted by molar-refractivity contribution is 7.17. The Labute approximate surface area is 170 Å². The van der Waals surface area contributed by atoms with Crippen LogP contribution in [0.15, 0.2) is 71.8 Å². The second kappa shape index (κ2) is 7.81. The fraction of sp³-hybridized carbons (Fsp3) is 0.0909. The molecule has 0 aliphatic carbocycles. The first-order chi connectivity index (χ1) is 14.0. The Morgan fingerprint density at radius 3 is 2.48 bits per heavy atom. The molecular formula is C22H17N3O3S. The Morgan fingerprint density at radius 1 is 1.07 bits per heavy atom. The topological polar surface area (TPSA) is 80.5 Å². The zero-order chi connectivity index (χ0) is 20.4. The maximum atomic E-state index is 12.8. The van der Waals surface area contributed by atoms with E-state index in [0.29, 0.717) is 22.6 Å². The molecule has 0 aliphatic heterocycles. The van der Waals surface area contributed by atoms with Crippen LogP contribution in [0.5, 0.6) is 0 Å². The first kappa shape index (κ1) is 18.8. The Morgan fingerprint density at radius 2 is 1.79 bits per heavy atom. The number of amides is 1. The van der Waals surface area contributed by atoms with Gasteiger partial charge >= 0.3 is 0 Å². The average molecular weight is 403 g/mol. The molecule has 6 nitrogen and oxygen atoms in total. The normalized spacial score (nSPS) is 10.8. The molecule has 0 fully saturated rings. The van der Waals surface area contributed by atoms with Crippen molar-refractivity contribution in [2.75, 3.05) is 5.32 Å². The summed E-state index contributed by atoms with van der Waals surface area (Å²) < 4.78 is 1.41. The molecule has 2 aromatic carbocycles. The van der Waals surface area contributed by atoms with E-state index in [9.17, 15) is 14.4 Å². The van der Waals surface area contributed by atoms with Crippen LogP contribution in [-0.4, -0.2) is 21.1 Å². The molecule has 1 amide bonds. The molecule has 0 unspecified atom stereocenters. The molecule has 2 aromatic heterocycles. The first-order valence-corrected chi connectivity index (χ1v) is 9.79. The number of carbonyl (C=O) groups is 2. The number of aromatic nitrogens is 2. The molecular weight excluding hydrogens is 386 g/mol. The van der Waals surface area contributed by atoms with Crippen LogP contribution in [0.2, 0.25) is 0 Å². The Hall–Kier alpha value is -3.58. The van der Waals surface area contributed by atoms with Crippen molar-refractivity contribution in [3.8, 4) is 0 Å². The van der Waals surface area contributed by atoms with Crippen LogP contribution in [-0.2, 0) is 6.42 Å². The summed E-state index contributed by atoms with van der Waals surface area (Å²) in [4.78, 5) is 42.5. The summed E-state index contributed by atoms with van der Waals surface area (Å²) in [5.41, 5.74) is 1.74. The van der Waals surface area contributed by atoms with Gasteiger partial charge in [0.15, 0.2) is 10.7 Å². The van der Waals surface area contributed by atoms with Gasteiger partial charge < -0.3 is 5.32 Å². The summed E-state index contributed by atoms with van der Waals surface area (Å²) in [7, 11) is 0. The maximum Gasteiger partial charge on any atom is 0.271 e. The minimum absolute atomic E-state index is 0.0396. The monoisotopic (exact) mass is 403 g/mol. The van der Waals surface area contributed by atoms with Crippen molar-refractivity contribution in [1.82, 2.24) is 9.38 Å². The number of hydrogen-bond donors (Lipinski definition) is 1. The lowest BCUT2D eigenvalue weighted by atomic mass is 10.1. The van der Waals surface area contributed by atoms with Gasteiger partial charge in [-0.15, -0.1) is 11.3 Å². The molecule has 0 aliphatic rings. The maximum absolute atomic E-state index is 12.8. The van der Waals surface area contributed by atoms with Gasteiger partial charge in [0.2, 0.25) is 0 Å². The largest absolute Gasteiger partial charge is 0.322 e. The third-order valence-corrected chi connectivity index (χ3v) is 5.47. The molecule has 4 rings (SSSR count). The molecule has 0 spiro atoms. The number of fused-ring (bicyclic) bond motifs is 1. The molecule has 0 saturated heterocycles. The molecule has 0 atom stereocenters. The minimum atomic E-state index is -0.539. The fourth-order valence-electron chi connectivity index (χ4n) is 2.95. The number of ketones is 1. The summed E-state index contributed by atoms with van der Waals surface area (Å²) in [5, 5.41) is 2.68. The van der Waals surface area contributed by atoms with Gasteiger partial charge in [-0.3, -0.25) is 18.8 Å². The van der Waals surface area contributed by atoms with E-state index >= 15 is 0 Å². The lowest BCUT2D eigenvalue weighted by Gasteiger charge is -2.05. The number of nitrogens with zero attached hydrogens (tertiary/aromatic N) is 2. The number of hydrogen-bond acceptors (Lipinski definition) is 5. The van der Waals surface area contributed by atoms with E-state index in [2.05, 4.69) is 10.3 Å². The predicted molar refractivity (Wildman–Crippen MR) is 113 cm³/mol. The lowest BCUT2D eigenvalue weighted by molar-refractivity contribution is 0.101. The molecule has 0 bridgehead atoms. The van der Waals surface area contributed by atoms with Crippen molar-refractivity contribution in [2.24, 2.45) is 0 Å². The van der Waals surface area contributed by atoms with E-state index in [1.165, 1.54) is 28.9 Å². The number of benzene rings is 2. The van der Waals surface area contributed by atoms with Crippen LogP contribution in [0.4, 0.5) is 5.69 Å². The van der Waals surface area contributed by atoms with Crippen LogP contribution in [0.3, 0.4) is 0 Å². The standard InChI is InChI=1S/C22H17N3O3S/c1-14(26)16-7-9-17(10-8-16)24-20(27)19-12-23-22-25(21(19)28)13-18(29-22)11-15-5-3-2-4-6-15/h2-10,12-13H,11H2,1H3,(H,24,27). The fourth-order valence-corrected chi connectivity index (χ4v) is 3.92. The molecule has 0 radical (unpaired) electrons. The molecule has 1 N–H and O–H groups in total. The predicted octanol–water partition coefficient (Wildman–Crippen LogP) is 3.80. The highest BCUT2D eigenvalue weighted by atomic mass is 32.1. The molecule has 29 heavy (non-hydrogen) atoms. The van der Waals surface area contributed by atoms with Crippen molar-refractivity contribution >= 4 is 33.7 Å².